The second-order valence-electron chi connectivity index (χ2n) is 9.55. The van der Waals surface area contributed by atoms with Gasteiger partial charge in [0.25, 0.3) is 0 Å². The summed E-state index contributed by atoms with van der Waals surface area (Å²) >= 11 is 0. The molecule has 0 N–H and O–H groups in total. The first-order chi connectivity index (χ1) is 19.5. The summed E-state index contributed by atoms with van der Waals surface area (Å²) < 4.78 is 23.3. The second kappa shape index (κ2) is 10.6. The minimum Gasteiger partial charge on any atom is -0.489 e. The lowest BCUT2D eigenvalue weighted by molar-refractivity contribution is 0.0734. The molecule has 5 aromatic rings. The number of hydrogen-bond donors (Lipinski definition) is 0. The van der Waals surface area contributed by atoms with Crippen LogP contribution in [0.3, 0.4) is 0 Å². The number of ketones is 1. The van der Waals surface area contributed by atoms with Crippen LogP contribution in [0.5, 0.6) is 17.2 Å². The third-order valence-corrected chi connectivity index (χ3v) is 6.83. The highest BCUT2D eigenvalue weighted by Crippen LogP contribution is 2.36. The van der Waals surface area contributed by atoms with E-state index in [1.165, 1.54) is 5.56 Å². The number of allylic oxidation sites excluding steroid dienone is 1. The van der Waals surface area contributed by atoms with Crippen LogP contribution in [-0.2, 0) is 13.0 Å². The van der Waals surface area contributed by atoms with Crippen molar-refractivity contribution < 1.29 is 28.2 Å². The first-order valence-corrected chi connectivity index (χ1v) is 13.1. The highest BCUT2D eigenvalue weighted by atomic mass is 16.5. The number of furan rings is 1. The molecule has 0 saturated carbocycles. The monoisotopic (exact) mass is 530 g/mol. The quantitative estimate of drug-likeness (QED) is 0.122. The lowest BCUT2D eigenvalue weighted by atomic mass is 10.1. The van der Waals surface area contributed by atoms with Gasteiger partial charge in [-0.1, -0.05) is 61.5 Å². The number of benzene rings is 4. The van der Waals surface area contributed by atoms with Crippen LogP contribution in [0.1, 0.15) is 50.1 Å². The molecule has 0 unspecified atom stereocenters. The summed E-state index contributed by atoms with van der Waals surface area (Å²) in [5, 5.41) is 0.597. The van der Waals surface area contributed by atoms with E-state index < -0.39 is 5.97 Å². The molecule has 0 aliphatic carbocycles. The Bertz CT molecular complexity index is 1760. The SMILES string of the molecule is CCc1ccc(/C=C2\Oc3cc(OC(=O)c4c(C)oc5ccc(OCc6ccccc6)cc45)ccc3C2=O)cc1. The van der Waals surface area contributed by atoms with Crippen molar-refractivity contribution in [3.63, 3.8) is 0 Å². The lowest BCUT2D eigenvalue weighted by Gasteiger charge is -2.07. The molecule has 6 heteroatoms. The minimum absolute atomic E-state index is 0.216. The normalized spacial score (nSPS) is 13.3. The molecule has 0 spiro atoms. The van der Waals surface area contributed by atoms with E-state index in [2.05, 4.69) is 6.92 Å². The number of carbonyl (C=O) groups excluding carboxylic acids is 2. The fourth-order valence-corrected chi connectivity index (χ4v) is 4.67. The molecule has 6 rings (SSSR count). The number of esters is 1. The maximum absolute atomic E-state index is 13.3. The smallest absolute Gasteiger partial charge is 0.347 e. The van der Waals surface area contributed by atoms with Gasteiger partial charge in [0.2, 0.25) is 5.78 Å². The van der Waals surface area contributed by atoms with E-state index in [1.54, 1.807) is 49.4 Å². The Hall–Kier alpha value is -5.10. The van der Waals surface area contributed by atoms with Gasteiger partial charge in [-0.3, -0.25) is 4.79 Å². The zero-order valence-corrected chi connectivity index (χ0v) is 22.1. The topological polar surface area (TPSA) is 75.0 Å². The van der Waals surface area contributed by atoms with Crippen molar-refractivity contribution in [3.8, 4) is 17.2 Å². The molecular weight excluding hydrogens is 504 g/mol. The van der Waals surface area contributed by atoms with Gasteiger partial charge in [-0.05, 0) is 66.4 Å². The van der Waals surface area contributed by atoms with Crippen LogP contribution in [0.2, 0.25) is 0 Å². The van der Waals surface area contributed by atoms with Crippen LogP contribution >= 0.6 is 0 Å². The van der Waals surface area contributed by atoms with Crippen LogP contribution in [0.15, 0.2) is 101 Å². The molecule has 40 heavy (non-hydrogen) atoms. The van der Waals surface area contributed by atoms with Crippen molar-refractivity contribution in [2.75, 3.05) is 0 Å². The van der Waals surface area contributed by atoms with E-state index in [0.717, 1.165) is 17.5 Å². The lowest BCUT2D eigenvalue weighted by Crippen LogP contribution is -2.09. The molecule has 6 nitrogen and oxygen atoms in total. The molecule has 1 aliphatic rings. The van der Waals surface area contributed by atoms with Gasteiger partial charge in [-0.15, -0.1) is 0 Å². The fourth-order valence-electron chi connectivity index (χ4n) is 4.67. The third kappa shape index (κ3) is 4.99. The average Bonchev–Trinajstić information content (AvgIpc) is 3.47. The summed E-state index contributed by atoms with van der Waals surface area (Å²) in [6, 6.07) is 27.9. The number of Topliss-reactive ketones (excluding diaryl/α,β-unsaturated/α-hetero) is 1. The van der Waals surface area contributed by atoms with Gasteiger partial charge in [0.1, 0.15) is 40.8 Å². The van der Waals surface area contributed by atoms with Gasteiger partial charge in [-0.25, -0.2) is 4.79 Å². The molecule has 0 bridgehead atoms. The van der Waals surface area contributed by atoms with Crippen molar-refractivity contribution in [1.29, 1.82) is 0 Å². The Balaban J connectivity index is 1.20. The number of aryl methyl sites for hydroxylation is 2. The van der Waals surface area contributed by atoms with E-state index in [0.29, 0.717) is 46.0 Å². The molecule has 1 aromatic heterocycles. The number of ether oxygens (including phenoxy) is 3. The summed E-state index contributed by atoms with van der Waals surface area (Å²) in [5.74, 6) is 1.08. The van der Waals surface area contributed by atoms with Gasteiger partial charge in [0, 0.05) is 11.5 Å². The van der Waals surface area contributed by atoms with Crippen LogP contribution in [-0.4, -0.2) is 11.8 Å². The first kappa shape index (κ1) is 25.2. The van der Waals surface area contributed by atoms with Crippen LogP contribution in [0.4, 0.5) is 0 Å². The molecule has 2 heterocycles. The highest BCUT2D eigenvalue weighted by Gasteiger charge is 2.28. The zero-order chi connectivity index (χ0) is 27.6. The van der Waals surface area contributed by atoms with E-state index in [9.17, 15) is 9.59 Å². The van der Waals surface area contributed by atoms with Gasteiger partial charge in [-0.2, -0.15) is 0 Å². The largest absolute Gasteiger partial charge is 0.489 e. The maximum atomic E-state index is 13.3. The second-order valence-corrected chi connectivity index (χ2v) is 9.55. The maximum Gasteiger partial charge on any atom is 0.347 e. The minimum atomic E-state index is -0.576. The summed E-state index contributed by atoms with van der Waals surface area (Å²) in [6.45, 7) is 4.21. The van der Waals surface area contributed by atoms with Gasteiger partial charge in [0.05, 0.1) is 5.56 Å². The van der Waals surface area contributed by atoms with Crippen molar-refractivity contribution in [2.45, 2.75) is 26.9 Å². The molecular formula is C34H26O6. The number of carbonyl (C=O) groups is 2. The van der Waals surface area contributed by atoms with E-state index >= 15 is 0 Å². The Morgan fingerprint density at radius 1 is 0.875 bits per heavy atom. The number of fused-ring (bicyclic) bond motifs is 2. The summed E-state index contributed by atoms with van der Waals surface area (Å²) in [6.07, 6.45) is 2.66. The molecule has 0 radical (unpaired) electrons. The Kier molecular flexibility index (Phi) is 6.66. The average molecular weight is 531 g/mol. The summed E-state index contributed by atoms with van der Waals surface area (Å²) in [7, 11) is 0. The standard InChI is InChI=1S/C34H26O6/c1-3-22-9-11-23(12-10-22)17-31-33(35)27-15-13-26(19-30(27)40-31)39-34(36)32-21(2)38-29-16-14-25(18-28(29)32)37-20-24-7-5-4-6-8-24/h4-19H,3,20H2,1-2H3/b31-17-. The zero-order valence-electron chi connectivity index (χ0n) is 22.1. The summed E-state index contributed by atoms with van der Waals surface area (Å²) in [4.78, 5) is 26.2. The molecule has 4 aromatic carbocycles. The molecule has 198 valence electrons. The van der Waals surface area contributed by atoms with E-state index in [1.807, 2.05) is 54.6 Å². The predicted molar refractivity (Wildman–Crippen MR) is 152 cm³/mol. The highest BCUT2D eigenvalue weighted by molar-refractivity contribution is 6.14. The van der Waals surface area contributed by atoms with E-state index in [4.69, 9.17) is 18.6 Å². The van der Waals surface area contributed by atoms with Gasteiger partial charge >= 0.3 is 5.97 Å². The number of hydrogen-bond acceptors (Lipinski definition) is 6. The molecule has 0 fully saturated rings. The first-order valence-electron chi connectivity index (χ1n) is 13.1. The van der Waals surface area contributed by atoms with Crippen molar-refractivity contribution in [2.24, 2.45) is 0 Å². The van der Waals surface area contributed by atoms with E-state index in [-0.39, 0.29) is 17.3 Å². The van der Waals surface area contributed by atoms with Crippen LogP contribution < -0.4 is 14.2 Å². The van der Waals surface area contributed by atoms with Crippen molar-refractivity contribution >= 4 is 28.8 Å². The Morgan fingerprint density at radius 2 is 1.65 bits per heavy atom. The van der Waals surface area contributed by atoms with Crippen LogP contribution in [0.25, 0.3) is 17.0 Å². The van der Waals surface area contributed by atoms with Crippen molar-refractivity contribution in [1.82, 2.24) is 0 Å². The molecule has 0 saturated heterocycles. The van der Waals surface area contributed by atoms with Gasteiger partial charge < -0.3 is 18.6 Å². The van der Waals surface area contributed by atoms with Gasteiger partial charge in [0.15, 0.2) is 5.76 Å². The molecule has 1 aliphatic heterocycles. The molecule has 0 amide bonds. The van der Waals surface area contributed by atoms with Crippen molar-refractivity contribution in [3.05, 3.63) is 130 Å². The third-order valence-electron chi connectivity index (χ3n) is 6.83. The fraction of sp³-hybridized carbons (Fsp3) is 0.118. The molecule has 0 atom stereocenters. The predicted octanol–water partition coefficient (Wildman–Crippen LogP) is 7.72. The Labute approximate surface area is 231 Å². The summed E-state index contributed by atoms with van der Waals surface area (Å²) in [5.41, 5.74) is 4.41. The number of rotatable bonds is 7. The Morgan fingerprint density at radius 3 is 2.42 bits per heavy atom. The van der Waals surface area contributed by atoms with Crippen LogP contribution in [0, 0.1) is 6.92 Å².